The molecule has 24 heavy (non-hydrogen) atoms. The molecule has 0 fully saturated rings. The molecule has 2 aromatic carbocycles. The van der Waals surface area contributed by atoms with Crippen molar-refractivity contribution in [3.05, 3.63) is 58.6 Å². The van der Waals surface area contributed by atoms with Gasteiger partial charge < -0.3 is 19.7 Å². The number of halogens is 2. The summed E-state index contributed by atoms with van der Waals surface area (Å²) in [7, 11) is 0. The van der Waals surface area contributed by atoms with Gasteiger partial charge in [0.25, 0.3) is 0 Å². The van der Waals surface area contributed by atoms with E-state index in [2.05, 4.69) is 0 Å². The molecule has 0 amide bonds. The van der Waals surface area contributed by atoms with Gasteiger partial charge in [-0.1, -0.05) is 23.2 Å². The van der Waals surface area contributed by atoms with Gasteiger partial charge in [0.2, 0.25) is 0 Å². The summed E-state index contributed by atoms with van der Waals surface area (Å²) in [6.45, 7) is -0.663. The molecular weight excluding hydrogens is 359 g/mol. The number of hydrogen-bond acceptors (Lipinski definition) is 4. The van der Waals surface area contributed by atoms with Crippen LogP contribution < -0.4 is 9.47 Å². The summed E-state index contributed by atoms with van der Waals surface area (Å²) in [6.07, 6.45) is 0. The van der Waals surface area contributed by atoms with Crippen molar-refractivity contribution in [1.82, 2.24) is 0 Å². The highest BCUT2D eigenvalue weighted by Gasteiger charge is 1.98. The fourth-order valence-electron chi connectivity index (χ4n) is 1.35. The molecule has 128 valence electrons. The van der Waals surface area contributed by atoms with Crippen LogP contribution >= 0.6 is 23.2 Å². The van der Waals surface area contributed by atoms with Crippen LogP contribution in [-0.4, -0.2) is 35.4 Å². The minimum absolute atomic E-state index is 0.332. The Balaban J connectivity index is 0.000000240. The van der Waals surface area contributed by atoms with Gasteiger partial charge in [-0.2, -0.15) is 0 Å². The van der Waals surface area contributed by atoms with Gasteiger partial charge in [0.05, 0.1) is 0 Å². The standard InChI is InChI=1S/2C8H7ClO3/c2*9-6-1-3-7(4-2-6)12-5-8(10)11/h2*1-4H,5H2,(H,10,11). The minimum atomic E-state index is -0.995. The Hall–Kier alpha value is -2.44. The molecule has 0 aliphatic carbocycles. The maximum atomic E-state index is 10.1. The second-order valence-corrected chi connectivity index (χ2v) is 5.15. The molecule has 0 spiro atoms. The number of carbonyl (C=O) groups is 2. The number of carboxylic acid groups (broad SMARTS) is 2. The topological polar surface area (TPSA) is 93.1 Å². The molecular formula is C16H14Cl2O6. The van der Waals surface area contributed by atoms with Crippen LogP contribution in [0.1, 0.15) is 0 Å². The van der Waals surface area contributed by atoms with E-state index in [0.29, 0.717) is 21.5 Å². The van der Waals surface area contributed by atoms with Crippen molar-refractivity contribution in [2.75, 3.05) is 13.2 Å². The van der Waals surface area contributed by atoms with Gasteiger partial charge >= 0.3 is 11.9 Å². The molecule has 0 bridgehead atoms. The molecule has 0 radical (unpaired) electrons. The van der Waals surface area contributed by atoms with Gasteiger partial charge in [0.15, 0.2) is 13.2 Å². The molecule has 0 aliphatic rings. The number of rotatable bonds is 6. The van der Waals surface area contributed by atoms with E-state index in [1.807, 2.05) is 0 Å². The smallest absolute Gasteiger partial charge is 0.341 e. The van der Waals surface area contributed by atoms with Crippen LogP contribution in [0.2, 0.25) is 10.0 Å². The molecule has 2 rings (SSSR count). The van der Waals surface area contributed by atoms with Gasteiger partial charge in [0, 0.05) is 10.0 Å². The van der Waals surface area contributed by atoms with Crippen molar-refractivity contribution in [2.24, 2.45) is 0 Å². The van der Waals surface area contributed by atoms with E-state index in [4.69, 9.17) is 42.9 Å². The fourth-order valence-corrected chi connectivity index (χ4v) is 1.60. The summed E-state index contributed by atoms with van der Waals surface area (Å²) < 4.78 is 9.73. The Labute approximate surface area is 148 Å². The van der Waals surface area contributed by atoms with E-state index in [-0.39, 0.29) is 13.2 Å². The lowest BCUT2D eigenvalue weighted by molar-refractivity contribution is -0.140. The van der Waals surface area contributed by atoms with Crippen LogP contribution in [0.3, 0.4) is 0 Å². The first-order chi connectivity index (χ1) is 11.4. The Kier molecular flexibility index (Phi) is 8.46. The lowest BCUT2D eigenvalue weighted by Crippen LogP contribution is -2.09. The predicted octanol–water partition coefficient (Wildman–Crippen LogP) is 3.61. The molecule has 8 heteroatoms. The van der Waals surface area contributed by atoms with Gasteiger partial charge in [-0.05, 0) is 48.5 Å². The number of ether oxygens (including phenoxy) is 2. The molecule has 2 N–H and O–H groups in total. The van der Waals surface area contributed by atoms with E-state index in [1.54, 1.807) is 48.5 Å². The van der Waals surface area contributed by atoms with Crippen LogP contribution in [0.5, 0.6) is 11.5 Å². The Morgan fingerprint density at radius 2 is 1.00 bits per heavy atom. The molecule has 0 aliphatic heterocycles. The molecule has 2 aromatic rings. The number of hydrogen-bond donors (Lipinski definition) is 2. The first-order valence-corrected chi connectivity index (χ1v) is 7.32. The quantitative estimate of drug-likeness (QED) is 0.804. The molecule has 0 aromatic heterocycles. The van der Waals surface area contributed by atoms with E-state index >= 15 is 0 Å². The Morgan fingerprint density at radius 1 is 0.708 bits per heavy atom. The lowest BCUT2D eigenvalue weighted by Gasteiger charge is -2.01. The summed E-state index contributed by atoms with van der Waals surface area (Å²) in [4.78, 5) is 20.2. The molecule has 0 unspecified atom stereocenters. The third-order valence-electron chi connectivity index (χ3n) is 2.35. The number of benzene rings is 2. The fraction of sp³-hybridized carbons (Fsp3) is 0.125. The zero-order chi connectivity index (χ0) is 17.9. The van der Waals surface area contributed by atoms with E-state index in [9.17, 15) is 9.59 Å². The zero-order valence-electron chi connectivity index (χ0n) is 12.3. The maximum absolute atomic E-state index is 10.1. The highest BCUT2D eigenvalue weighted by atomic mass is 35.5. The lowest BCUT2D eigenvalue weighted by atomic mass is 10.3. The summed E-state index contributed by atoms with van der Waals surface area (Å²) in [5.41, 5.74) is 0. The molecule has 0 saturated carbocycles. The molecule has 0 atom stereocenters. The van der Waals surface area contributed by atoms with Gasteiger partial charge in [0.1, 0.15) is 11.5 Å². The van der Waals surface area contributed by atoms with Crippen molar-refractivity contribution < 1.29 is 29.3 Å². The van der Waals surface area contributed by atoms with Gasteiger partial charge in [-0.15, -0.1) is 0 Å². The minimum Gasteiger partial charge on any atom is -0.482 e. The Morgan fingerprint density at radius 3 is 1.25 bits per heavy atom. The molecule has 0 heterocycles. The third-order valence-corrected chi connectivity index (χ3v) is 2.86. The van der Waals surface area contributed by atoms with Crippen molar-refractivity contribution in [1.29, 1.82) is 0 Å². The third kappa shape index (κ3) is 8.87. The average molecular weight is 373 g/mol. The van der Waals surface area contributed by atoms with Gasteiger partial charge in [-0.3, -0.25) is 0 Å². The summed E-state index contributed by atoms with van der Waals surface area (Å²) in [5.74, 6) is -0.987. The first kappa shape index (κ1) is 19.6. The van der Waals surface area contributed by atoms with Crippen molar-refractivity contribution in [2.45, 2.75) is 0 Å². The average Bonchev–Trinajstić information content (AvgIpc) is 2.54. The second-order valence-electron chi connectivity index (χ2n) is 4.27. The van der Waals surface area contributed by atoms with Crippen molar-refractivity contribution >= 4 is 35.1 Å². The summed E-state index contributed by atoms with van der Waals surface area (Å²) >= 11 is 11.2. The number of aliphatic carboxylic acids is 2. The normalized spacial score (nSPS) is 9.42. The van der Waals surface area contributed by atoms with E-state index in [0.717, 1.165) is 0 Å². The maximum Gasteiger partial charge on any atom is 0.341 e. The SMILES string of the molecule is O=C(O)COc1ccc(Cl)cc1.O=C(O)COc1ccc(Cl)cc1. The summed E-state index contributed by atoms with van der Waals surface area (Å²) in [5, 5.41) is 17.7. The second kappa shape index (κ2) is 10.4. The molecule has 0 saturated heterocycles. The Bertz CT molecular complexity index is 596. The summed E-state index contributed by atoms with van der Waals surface area (Å²) in [6, 6.07) is 13.0. The van der Waals surface area contributed by atoms with Crippen LogP contribution in [0.25, 0.3) is 0 Å². The van der Waals surface area contributed by atoms with Crippen molar-refractivity contribution in [3.8, 4) is 11.5 Å². The van der Waals surface area contributed by atoms with Crippen LogP contribution in [0.15, 0.2) is 48.5 Å². The number of carboxylic acids is 2. The van der Waals surface area contributed by atoms with Crippen LogP contribution in [0, 0.1) is 0 Å². The first-order valence-electron chi connectivity index (χ1n) is 6.57. The largest absolute Gasteiger partial charge is 0.482 e. The van der Waals surface area contributed by atoms with Crippen molar-refractivity contribution in [3.63, 3.8) is 0 Å². The van der Waals surface area contributed by atoms with Gasteiger partial charge in [-0.25, -0.2) is 9.59 Å². The van der Waals surface area contributed by atoms with Crippen LogP contribution in [0.4, 0.5) is 0 Å². The highest BCUT2D eigenvalue weighted by molar-refractivity contribution is 6.30. The van der Waals surface area contributed by atoms with E-state index < -0.39 is 11.9 Å². The highest BCUT2D eigenvalue weighted by Crippen LogP contribution is 2.15. The van der Waals surface area contributed by atoms with Crippen LogP contribution in [-0.2, 0) is 9.59 Å². The monoisotopic (exact) mass is 372 g/mol. The molecule has 6 nitrogen and oxygen atoms in total. The van der Waals surface area contributed by atoms with E-state index in [1.165, 1.54) is 0 Å². The predicted molar refractivity (Wildman–Crippen MR) is 89.2 cm³/mol. The zero-order valence-corrected chi connectivity index (χ0v) is 13.8.